The van der Waals surface area contributed by atoms with Gasteiger partial charge >= 0.3 is 0 Å². The lowest BCUT2D eigenvalue weighted by Gasteiger charge is -2.12. The summed E-state index contributed by atoms with van der Waals surface area (Å²) in [5, 5.41) is 12.6. The maximum Gasteiger partial charge on any atom is 0.266 e. The predicted molar refractivity (Wildman–Crippen MR) is 106 cm³/mol. The number of carbonyl (C=O) groups excluding carboxylic acids is 1. The Morgan fingerprint density at radius 1 is 1.24 bits per heavy atom. The van der Waals surface area contributed by atoms with Gasteiger partial charge in [0, 0.05) is 19.8 Å². The third-order valence-corrected chi connectivity index (χ3v) is 4.11. The Kier molecular flexibility index (Phi) is 6.67. The van der Waals surface area contributed by atoms with Crippen LogP contribution in [0.25, 0.3) is 6.08 Å². The molecule has 2 rings (SSSR count). The highest BCUT2D eigenvalue weighted by Crippen LogP contribution is 2.34. The average Bonchev–Trinajstić information content (AvgIpc) is 2.60. The first-order valence-corrected chi connectivity index (χ1v) is 8.54. The Bertz CT molecular complexity index is 858. The van der Waals surface area contributed by atoms with Gasteiger partial charge in [0.1, 0.15) is 11.6 Å². The van der Waals surface area contributed by atoms with Crippen molar-refractivity contribution >= 4 is 51.9 Å². The van der Waals surface area contributed by atoms with Crippen molar-refractivity contribution in [3.63, 3.8) is 0 Å². The van der Waals surface area contributed by atoms with E-state index in [9.17, 15) is 10.1 Å². The number of benzene rings is 2. The van der Waals surface area contributed by atoms with Crippen LogP contribution in [0.4, 0.5) is 5.69 Å². The number of methoxy groups -OCH3 is 2. The number of amides is 1. The third kappa shape index (κ3) is 4.87. The fourth-order valence-electron chi connectivity index (χ4n) is 2.10. The zero-order valence-corrected chi connectivity index (χ0v) is 16.4. The third-order valence-electron chi connectivity index (χ3n) is 3.24. The average molecular weight is 469 g/mol. The summed E-state index contributed by atoms with van der Waals surface area (Å²) in [5.74, 6) is 0.454. The molecule has 0 unspecified atom stereocenters. The molecule has 1 amide bonds. The maximum atomic E-state index is 12.4. The molecule has 0 atom stereocenters. The summed E-state index contributed by atoms with van der Waals surface area (Å²) in [5.41, 5.74) is 1.06. The van der Waals surface area contributed by atoms with Crippen LogP contribution in [-0.2, 0) is 4.79 Å². The van der Waals surface area contributed by atoms with Gasteiger partial charge in [-0.05, 0) is 65.1 Å². The normalized spacial score (nSPS) is 10.8. The van der Waals surface area contributed by atoms with E-state index in [0.717, 1.165) is 3.57 Å². The van der Waals surface area contributed by atoms with Gasteiger partial charge in [-0.3, -0.25) is 4.79 Å². The number of ether oxygens (including phenoxy) is 2. The van der Waals surface area contributed by atoms with Crippen LogP contribution < -0.4 is 14.8 Å². The first-order valence-electron chi connectivity index (χ1n) is 7.08. The van der Waals surface area contributed by atoms with Crippen molar-refractivity contribution < 1.29 is 14.3 Å². The molecule has 0 aliphatic carbocycles. The summed E-state index contributed by atoms with van der Waals surface area (Å²) in [7, 11) is 3.03. The Morgan fingerprint density at radius 3 is 2.48 bits per heavy atom. The highest BCUT2D eigenvalue weighted by molar-refractivity contribution is 14.1. The predicted octanol–water partition coefficient (Wildman–Crippen LogP) is 4.51. The fourth-order valence-corrected chi connectivity index (χ4v) is 2.85. The number of nitriles is 1. The zero-order valence-electron chi connectivity index (χ0n) is 13.5. The van der Waals surface area contributed by atoms with E-state index in [1.54, 1.807) is 36.4 Å². The molecule has 2 aromatic carbocycles. The van der Waals surface area contributed by atoms with E-state index in [0.29, 0.717) is 27.8 Å². The first kappa shape index (κ1) is 19.1. The van der Waals surface area contributed by atoms with Gasteiger partial charge in [-0.1, -0.05) is 11.6 Å². The van der Waals surface area contributed by atoms with Crippen molar-refractivity contribution in [1.82, 2.24) is 0 Å². The zero-order chi connectivity index (χ0) is 18.4. The Balaban J connectivity index is 2.37. The summed E-state index contributed by atoms with van der Waals surface area (Å²) in [4.78, 5) is 12.4. The van der Waals surface area contributed by atoms with Crippen molar-refractivity contribution in [2.24, 2.45) is 0 Å². The number of carbonyl (C=O) groups is 1. The van der Waals surface area contributed by atoms with Crippen LogP contribution >= 0.6 is 34.2 Å². The molecular weight excluding hydrogens is 455 g/mol. The number of halogens is 2. The Hall–Kier alpha value is -2.24. The lowest BCUT2D eigenvalue weighted by molar-refractivity contribution is -0.112. The van der Waals surface area contributed by atoms with E-state index in [2.05, 4.69) is 27.9 Å². The molecular formula is C18H14ClIN2O3. The molecule has 0 fully saturated rings. The summed E-state index contributed by atoms with van der Waals surface area (Å²) in [6.07, 6.45) is 1.47. The number of rotatable bonds is 5. The molecule has 0 aromatic heterocycles. The molecule has 0 bridgehead atoms. The molecule has 7 heteroatoms. The Morgan fingerprint density at radius 2 is 1.92 bits per heavy atom. The summed E-state index contributed by atoms with van der Waals surface area (Å²) in [6, 6.07) is 12.1. The van der Waals surface area contributed by atoms with E-state index in [4.69, 9.17) is 21.1 Å². The van der Waals surface area contributed by atoms with Gasteiger partial charge in [-0.2, -0.15) is 5.26 Å². The van der Waals surface area contributed by atoms with Gasteiger partial charge < -0.3 is 14.8 Å². The molecule has 25 heavy (non-hydrogen) atoms. The van der Waals surface area contributed by atoms with Gasteiger partial charge in [0.25, 0.3) is 5.91 Å². The minimum atomic E-state index is -0.523. The maximum absolute atomic E-state index is 12.4. The lowest BCUT2D eigenvalue weighted by Crippen LogP contribution is -2.13. The second-order valence-corrected chi connectivity index (χ2v) is 6.54. The van der Waals surface area contributed by atoms with Crippen LogP contribution in [0, 0.1) is 14.9 Å². The minimum Gasteiger partial charge on any atom is -0.493 e. The topological polar surface area (TPSA) is 71.3 Å². The number of hydrogen-bond acceptors (Lipinski definition) is 4. The van der Waals surface area contributed by atoms with E-state index in [1.165, 1.54) is 20.3 Å². The van der Waals surface area contributed by atoms with Crippen molar-refractivity contribution in [1.29, 1.82) is 5.26 Å². The molecule has 2 aromatic rings. The number of anilines is 1. The van der Waals surface area contributed by atoms with Crippen molar-refractivity contribution in [2.45, 2.75) is 0 Å². The first-order chi connectivity index (χ1) is 12.0. The van der Waals surface area contributed by atoms with Gasteiger partial charge in [0.05, 0.1) is 14.2 Å². The molecule has 1 N–H and O–H groups in total. The van der Waals surface area contributed by atoms with E-state index in [1.807, 2.05) is 6.07 Å². The standard InChI is InChI=1S/C18H14ClIN2O3/c1-24-16-9-14(20)8-11(17(16)25-2)7-12(10-21)18(23)22-15-5-3-13(19)4-6-15/h3-9H,1-2H3,(H,22,23)/b12-7-. The summed E-state index contributed by atoms with van der Waals surface area (Å²) < 4.78 is 11.5. The van der Waals surface area contributed by atoms with Crippen LogP contribution in [0.2, 0.25) is 5.02 Å². The van der Waals surface area contributed by atoms with E-state index >= 15 is 0 Å². The summed E-state index contributed by atoms with van der Waals surface area (Å²) in [6.45, 7) is 0. The molecule has 5 nitrogen and oxygen atoms in total. The second-order valence-electron chi connectivity index (χ2n) is 4.86. The summed E-state index contributed by atoms with van der Waals surface area (Å²) >= 11 is 7.94. The van der Waals surface area contributed by atoms with Crippen molar-refractivity contribution in [2.75, 3.05) is 19.5 Å². The van der Waals surface area contributed by atoms with E-state index < -0.39 is 5.91 Å². The minimum absolute atomic E-state index is 0.0581. The highest BCUT2D eigenvalue weighted by Gasteiger charge is 2.14. The molecule has 0 radical (unpaired) electrons. The van der Waals surface area contributed by atoms with Gasteiger partial charge in [0.2, 0.25) is 0 Å². The molecule has 128 valence electrons. The molecule has 0 aliphatic rings. The number of nitrogens with one attached hydrogen (secondary N) is 1. The van der Waals surface area contributed by atoms with Crippen LogP contribution in [0.15, 0.2) is 42.0 Å². The largest absolute Gasteiger partial charge is 0.493 e. The van der Waals surface area contributed by atoms with Crippen LogP contribution in [0.3, 0.4) is 0 Å². The number of hydrogen-bond donors (Lipinski definition) is 1. The number of nitrogens with zero attached hydrogens (tertiary/aromatic N) is 1. The van der Waals surface area contributed by atoms with Gasteiger partial charge in [-0.15, -0.1) is 0 Å². The van der Waals surface area contributed by atoms with Crippen molar-refractivity contribution in [3.05, 3.63) is 56.1 Å². The monoisotopic (exact) mass is 468 g/mol. The van der Waals surface area contributed by atoms with E-state index in [-0.39, 0.29) is 5.57 Å². The molecule has 0 saturated heterocycles. The highest BCUT2D eigenvalue weighted by atomic mass is 127. The van der Waals surface area contributed by atoms with Gasteiger partial charge in [0.15, 0.2) is 11.5 Å². The van der Waals surface area contributed by atoms with Crippen LogP contribution in [0.5, 0.6) is 11.5 Å². The Labute approximate surface area is 164 Å². The van der Waals surface area contributed by atoms with Crippen molar-refractivity contribution in [3.8, 4) is 17.6 Å². The smallest absolute Gasteiger partial charge is 0.266 e. The fraction of sp³-hybridized carbons (Fsp3) is 0.111. The molecule has 0 spiro atoms. The molecule has 0 heterocycles. The van der Waals surface area contributed by atoms with Gasteiger partial charge in [-0.25, -0.2) is 0 Å². The quantitative estimate of drug-likeness (QED) is 0.398. The van der Waals surface area contributed by atoms with Crippen LogP contribution in [0.1, 0.15) is 5.56 Å². The SMILES string of the molecule is COc1cc(I)cc(/C=C(/C#N)C(=O)Nc2ccc(Cl)cc2)c1OC. The van der Waals surface area contributed by atoms with Crippen LogP contribution in [-0.4, -0.2) is 20.1 Å². The molecule has 0 saturated carbocycles. The second kappa shape index (κ2) is 8.74. The molecule has 0 aliphatic heterocycles. The lowest BCUT2D eigenvalue weighted by atomic mass is 10.1.